The Morgan fingerprint density at radius 3 is 1.70 bits per heavy atom. The number of aromatic nitrogens is 2. The highest BCUT2D eigenvalue weighted by Crippen LogP contribution is 2.23. The van der Waals surface area contributed by atoms with Crippen LogP contribution in [0.4, 0.5) is 0 Å². The van der Waals surface area contributed by atoms with Gasteiger partial charge in [-0.3, -0.25) is 57.7 Å². The van der Waals surface area contributed by atoms with Crippen LogP contribution in [0.3, 0.4) is 0 Å². The first-order chi connectivity index (χ1) is 34.7. The van der Waals surface area contributed by atoms with Gasteiger partial charge in [0.25, 0.3) is 0 Å². The van der Waals surface area contributed by atoms with Crippen LogP contribution in [0, 0.1) is 5.92 Å². The number of aliphatic carboxylic acids is 3. The van der Waals surface area contributed by atoms with E-state index in [-0.39, 0.29) is 70.5 Å². The highest BCUT2D eigenvalue weighted by Gasteiger charge is 2.44. The second-order valence-electron chi connectivity index (χ2n) is 18.1. The van der Waals surface area contributed by atoms with Gasteiger partial charge in [-0.15, -0.1) is 0 Å². The molecule has 0 radical (unpaired) electrons. The zero-order valence-electron chi connectivity index (χ0n) is 41.0. The first-order valence-electron chi connectivity index (χ1n) is 23.6. The summed E-state index contributed by atoms with van der Waals surface area (Å²) in [6.45, 7) is 4.16. The number of rotatable bonds is 29. The maximum atomic E-state index is 14.3. The SMILES string of the molecule is CC(C)[C@H](NC(=O)[C@@H]1CCCN1C(=O)[C@H](CCCN=C(N)N)NC(=O)[C@H](CC(=O)O)NC(=O)[C@@H](N)Cc1cnc[nH]1)C(=O)N[C@H](C(=O)N1CCC[C@H]1C(=O)N[C@@H](CC(=O)O)C(=O)N[C@@H](CC(N)=O)C(=O)O)[C@@H](C)O. The average Bonchev–Trinajstić information content (AvgIpc) is 4.12. The summed E-state index contributed by atoms with van der Waals surface area (Å²) in [5.41, 5.74) is 22.4. The van der Waals surface area contributed by atoms with E-state index in [9.17, 15) is 78.0 Å². The number of aromatic amines is 1. The van der Waals surface area contributed by atoms with Gasteiger partial charge in [0.05, 0.1) is 37.7 Å². The molecule has 0 saturated carbocycles. The monoisotopic (exact) mass is 1050 g/mol. The lowest BCUT2D eigenvalue weighted by Gasteiger charge is -2.33. The van der Waals surface area contributed by atoms with E-state index in [4.69, 9.17) is 22.9 Å². The van der Waals surface area contributed by atoms with Crippen LogP contribution >= 0.6 is 0 Å². The Bertz CT molecular complexity index is 2260. The number of hydrogen-bond acceptors (Lipinski definition) is 16. The Kier molecular flexibility index (Phi) is 23.1. The normalized spacial score (nSPS) is 18.5. The minimum atomic E-state index is -1.89. The fourth-order valence-corrected chi connectivity index (χ4v) is 8.15. The molecule has 19 N–H and O–H groups in total. The van der Waals surface area contributed by atoms with Crippen molar-refractivity contribution in [2.45, 2.75) is 145 Å². The van der Waals surface area contributed by atoms with Crippen LogP contribution in [0.2, 0.25) is 0 Å². The van der Waals surface area contributed by atoms with E-state index < -0.39 is 157 Å². The number of amides is 9. The van der Waals surface area contributed by atoms with Crippen LogP contribution in [0.25, 0.3) is 0 Å². The molecule has 0 unspecified atom stereocenters. The Morgan fingerprint density at radius 2 is 1.22 bits per heavy atom. The summed E-state index contributed by atoms with van der Waals surface area (Å²) in [4.78, 5) is 169. The Hall–Kier alpha value is -7.96. The van der Waals surface area contributed by atoms with Gasteiger partial charge in [0.1, 0.15) is 48.3 Å². The van der Waals surface area contributed by atoms with E-state index in [2.05, 4.69) is 41.5 Å². The van der Waals surface area contributed by atoms with Crippen LogP contribution in [0.15, 0.2) is 17.5 Å². The zero-order chi connectivity index (χ0) is 55.6. The number of likely N-dealkylation sites (tertiary alicyclic amines) is 2. The fraction of sp³-hybridized carbons (Fsp3) is 0.628. The Labute approximate surface area is 423 Å². The molecule has 1 aromatic rings. The maximum absolute atomic E-state index is 14.3. The summed E-state index contributed by atoms with van der Waals surface area (Å²) >= 11 is 0. The molecule has 410 valence electrons. The summed E-state index contributed by atoms with van der Waals surface area (Å²) in [6, 6.07) is -13.9. The Morgan fingerprint density at radius 1 is 0.689 bits per heavy atom. The third-order valence-corrected chi connectivity index (χ3v) is 11.9. The molecule has 0 aromatic carbocycles. The van der Waals surface area contributed by atoms with E-state index in [1.165, 1.54) is 19.4 Å². The van der Waals surface area contributed by atoms with Crippen LogP contribution in [-0.2, 0) is 64.0 Å². The smallest absolute Gasteiger partial charge is 0.326 e. The zero-order valence-corrected chi connectivity index (χ0v) is 41.0. The van der Waals surface area contributed by atoms with Crippen molar-refractivity contribution in [2.75, 3.05) is 19.6 Å². The van der Waals surface area contributed by atoms with Crippen molar-refractivity contribution in [2.24, 2.45) is 33.8 Å². The molecule has 2 fully saturated rings. The number of primary amides is 1. The van der Waals surface area contributed by atoms with Gasteiger partial charge in [-0.25, -0.2) is 9.78 Å². The topological polar surface area (TPSA) is 510 Å². The van der Waals surface area contributed by atoms with Gasteiger partial charge in [-0.1, -0.05) is 13.8 Å². The minimum Gasteiger partial charge on any atom is -0.481 e. The highest BCUT2D eigenvalue weighted by molar-refractivity contribution is 5.99. The number of hydrogen-bond donors (Lipinski definition) is 15. The molecule has 1 aromatic heterocycles. The van der Waals surface area contributed by atoms with Gasteiger partial charge >= 0.3 is 17.9 Å². The van der Waals surface area contributed by atoms with Crippen LogP contribution in [0.5, 0.6) is 0 Å². The molecule has 0 bridgehead atoms. The number of carbonyl (C=O) groups is 12. The van der Waals surface area contributed by atoms with Gasteiger partial charge in [0.15, 0.2) is 5.96 Å². The molecule has 2 aliphatic heterocycles. The van der Waals surface area contributed by atoms with E-state index in [0.717, 1.165) is 9.80 Å². The molecule has 2 aliphatic rings. The van der Waals surface area contributed by atoms with E-state index in [1.807, 2.05) is 5.32 Å². The highest BCUT2D eigenvalue weighted by atomic mass is 16.4. The number of carboxylic acids is 3. The summed E-state index contributed by atoms with van der Waals surface area (Å²) in [5, 5.41) is 53.3. The van der Waals surface area contributed by atoms with E-state index >= 15 is 0 Å². The number of imidazole rings is 1. The van der Waals surface area contributed by atoms with Crippen molar-refractivity contribution >= 4 is 77.0 Å². The lowest BCUT2D eigenvalue weighted by molar-refractivity contribution is -0.146. The van der Waals surface area contributed by atoms with E-state index in [1.54, 1.807) is 13.8 Å². The summed E-state index contributed by atoms with van der Waals surface area (Å²) in [7, 11) is 0. The van der Waals surface area contributed by atoms with Gasteiger partial charge in [0, 0.05) is 37.9 Å². The molecule has 2 saturated heterocycles. The average molecular weight is 1050 g/mol. The van der Waals surface area contributed by atoms with Gasteiger partial charge in [0.2, 0.25) is 53.2 Å². The number of H-pyrrole nitrogens is 1. The van der Waals surface area contributed by atoms with Gasteiger partial charge in [-0.2, -0.15) is 0 Å². The first-order valence-corrected chi connectivity index (χ1v) is 23.6. The summed E-state index contributed by atoms with van der Waals surface area (Å²) < 4.78 is 0. The second kappa shape index (κ2) is 28.3. The molecule has 31 nitrogen and oxygen atoms in total. The molecule has 31 heteroatoms. The number of aliphatic hydroxyl groups is 1. The lowest BCUT2D eigenvalue weighted by atomic mass is 10.0. The second-order valence-corrected chi connectivity index (χ2v) is 18.1. The molecule has 0 aliphatic carbocycles. The number of carboxylic acid groups (broad SMARTS) is 3. The van der Waals surface area contributed by atoms with Crippen LogP contribution in [-0.4, -0.2) is 197 Å². The maximum Gasteiger partial charge on any atom is 0.326 e. The molecule has 3 rings (SSSR count). The van der Waals surface area contributed by atoms with Gasteiger partial charge < -0.3 is 90.0 Å². The van der Waals surface area contributed by atoms with Crippen molar-refractivity contribution in [1.82, 2.24) is 51.7 Å². The predicted molar refractivity (Wildman–Crippen MR) is 254 cm³/mol. The fourth-order valence-electron chi connectivity index (χ4n) is 8.15. The minimum absolute atomic E-state index is 0.000291. The third-order valence-electron chi connectivity index (χ3n) is 11.9. The van der Waals surface area contributed by atoms with E-state index in [0.29, 0.717) is 5.69 Å². The van der Waals surface area contributed by atoms with Crippen molar-refractivity contribution in [3.63, 3.8) is 0 Å². The summed E-state index contributed by atoms with van der Waals surface area (Å²) in [5.74, 6) is -14.6. The number of nitrogens with two attached hydrogens (primary N) is 4. The number of nitrogens with zero attached hydrogens (tertiary/aromatic N) is 4. The first kappa shape index (κ1) is 60.3. The molecule has 0 spiro atoms. The molecule has 3 heterocycles. The Balaban J connectivity index is 1.79. The largest absolute Gasteiger partial charge is 0.481 e. The number of aliphatic hydroxyl groups excluding tert-OH is 1. The number of carbonyl (C=O) groups excluding carboxylic acids is 9. The quantitative estimate of drug-likeness (QED) is 0.0201. The lowest BCUT2D eigenvalue weighted by Crippen LogP contribution is -2.62. The van der Waals surface area contributed by atoms with Crippen molar-refractivity contribution < 1.29 is 78.0 Å². The molecule has 74 heavy (non-hydrogen) atoms. The summed E-state index contributed by atoms with van der Waals surface area (Å²) in [6.07, 6.45) is -1.17. The number of nitrogens with one attached hydrogen (secondary N) is 7. The molecule has 9 amide bonds. The van der Waals surface area contributed by atoms with Crippen LogP contribution in [0.1, 0.15) is 84.3 Å². The number of guanidine groups is 1. The predicted octanol–water partition coefficient (Wildman–Crippen LogP) is -6.83. The molecule has 10 atom stereocenters. The van der Waals surface area contributed by atoms with Crippen molar-refractivity contribution in [3.8, 4) is 0 Å². The molecular weight excluding hydrogens is 983 g/mol. The van der Waals surface area contributed by atoms with Crippen LogP contribution < -0.4 is 54.8 Å². The van der Waals surface area contributed by atoms with Crippen molar-refractivity contribution in [1.29, 1.82) is 0 Å². The third kappa shape index (κ3) is 18.3. The molecular formula is C43H67N15O16. The van der Waals surface area contributed by atoms with Crippen molar-refractivity contribution in [3.05, 3.63) is 18.2 Å². The standard InChI is InChI=1S/C43H67N15O16/c1-19(2)32(39(70)56-33(20(3)59)41(72)58-12-6-8-27(58)37(68)53-25(16-31(63)64)36(67)54-26(42(73)74)14-29(45)60)55-38(69)28-9-5-11-57(28)40(71)23(7-4-10-49-43(46)47)51-35(66)24(15-30(61)62)52-34(65)22(44)13-21-17-48-18-50-21/h17-20,22-28,32-33,59H,4-16,44H2,1-3H3,(H2,45,60)(H,48,50)(H,51,66)(H,52,65)(H,53,68)(H,54,67)(H,55,69)(H,56,70)(H,61,62)(H,63,64)(H,73,74)(H4,46,47,49)/t20-,22+,23+,24+,25+,26+,27+,28+,32+,33+/m1/s1. The van der Waals surface area contributed by atoms with Gasteiger partial charge in [-0.05, 0) is 51.4 Å². The number of aliphatic imine (C=N–C) groups is 1.